The molecule has 1 aromatic carbocycles. The van der Waals surface area contributed by atoms with Gasteiger partial charge in [-0.25, -0.2) is 13.4 Å². The Morgan fingerprint density at radius 3 is 2.43 bits per heavy atom. The minimum absolute atomic E-state index is 0.0474. The quantitative estimate of drug-likeness (QED) is 0.0528. The Bertz CT molecular complexity index is 1760. The van der Waals surface area contributed by atoms with Gasteiger partial charge in [0, 0.05) is 0 Å². The van der Waals surface area contributed by atoms with Crippen molar-refractivity contribution in [3.63, 3.8) is 0 Å². The average molecular weight is 691 g/mol. The van der Waals surface area contributed by atoms with Gasteiger partial charge >= 0.3 is 0 Å². The summed E-state index contributed by atoms with van der Waals surface area (Å²) in [4.78, 5) is 5.09. The Morgan fingerprint density at radius 2 is 1.84 bits per heavy atom. The second kappa shape index (κ2) is 20.4. The summed E-state index contributed by atoms with van der Waals surface area (Å²) in [5.41, 5.74) is 3.32. The van der Waals surface area contributed by atoms with Crippen molar-refractivity contribution in [1.29, 1.82) is 0 Å². The van der Waals surface area contributed by atoms with Crippen molar-refractivity contribution in [2.45, 2.75) is 74.3 Å². The van der Waals surface area contributed by atoms with Crippen molar-refractivity contribution in [3.8, 4) is 11.5 Å². The van der Waals surface area contributed by atoms with Crippen LogP contribution in [0.3, 0.4) is 0 Å². The number of aliphatic imine (C=N–C) groups is 1. The first-order chi connectivity index (χ1) is 23.4. The number of hydrogen-bond acceptors (Lipinski definition) is 9. The molecule has 2 N–H and O–H groups in total. The van der Waals surface area contributed by atoms with E-state index in [4.69, 9.17) is 19.2 Å². The number of para-hydroxylation sites is 2. The first kappa shape index (κ1) is 40.2. The van der Waals surface area contributed by atoms with E-state index in [9.17, 15) is 8.42 Å². The second-order valence-electron chi connectivity index (χ2n) is 11.0. The van der Waals surface area contributed by atoms with E-state index in [0.717, 1.165) is 23.1 Å². The van der Waals surface area contributed by atoms with E-state index in [0.29, 0.717) is 29.3 Å². The number of methoxy groups -OCH3 is 1. The number of ether oxygens (including phenoxy) is 3. The molecule has 2 aromatic rings. The van der Waals surface area contributed by atoms with Crippen LogP contribution in [0.25, 0.3) is 5.57 Å². The highest BCUT2D eigenvalue weighted by Gasteiger charge is 2.25. The SMILES string of the molecule is C=CCOC(=NC(C)C(/C=C(\C)c1nn[nH]n1)=C/C=C/CC)/C(Oc1ccccc1OC)=C(\C)NS(=O)(=O)C(/C=C\C(C)=C/C)=C(/C)CC. The smallest absolute Gasteiger partial charge is 0.261 e. The summed E-state index contributed by atoms with van der Waals surface area (Å²) in [6, 6.07) is 6.53. The van der Waals surface area contributed by atoms with Crippen molar-refractivity contribution < 1.29 is 22.6 Å². The summed E-state index contributed by atoms with van der Waals surface area (Å²) >= 11 is 0. The van der Waals surface area contributed by atoms with Crippen LogP contribution < -0.4 is 14.2 Å². The normalized spacial score (nSPS) is 15.2. The first-order valence-corrected chi connectivity index (χ1v) is 17.6. The summed E-state index contributed by atoms with van der Waals surface area (Å²) in [5.74, 6) is 1.31. The zero-order valence-electron chi connectivity index (χ0n) is 30.1. The fourth-order valence-corrected chi connectivity index (χ4v) is 5.61. The first-order valence-electron chi connectivity index (χ1n) is 16.1. The number of aromatic amines is 1. The van der Waals surface area contributed by atoms with Crippen LogP contribution in [-0.2, 0) is 14.8 Å². The molecule has 0 aliphatic heterocycles. The molecule has 0 saturated carbocycles. The highest BCUT2D eigenvalue weighted by Crippen LogP contribution is 2.30. The number of benzene rings is 1. The third kappa shape index (κ3) is 12.5. The van der Waals surface area contributed by atoms with Crippen molar-refractivity contribution in [3.05, 3.63) is 118 Å². The van der Waals surface area contributed by atoms with Gasteiger partial charge in [0.05, 0.1) is 23.8 Å². The van der Waals surface area contributed by atoms with Gasteiger partial charge in [0.2, 0.25) is 5.76 Å². The monoisotopic (exact) mass is 690 g/mol. The van der Waals surface area contributed by atoms with Gasteiger partial charge in [-0.05, 0) is 89.0 Å². The molecule has 0 bridgehead atoms. The molecule has 0 aliphatic carbocycles. The van der Waals surface area contributed by atoms with Gasteiger partial charge < -0.3 is 14.2 Å². The lowest BCUT2D eigenvalue weighted by molar-refractivity contribution is 0.312. The molecule has 0 fully saturated rings. The highest BCUT2D eigenvalue weighted by molar-refractivity contribution is 7.93. The van der Waals surface area contributed by atoms with Gasteiger partial charge in [0.15, 0.2) is 17.3 Å². The van der Waals surface area contributed by atoms with E-state index in [2.05, 4.69) is 31.9 Å². The zero-order valence-corrected chi connectivity index (χ0v) is 30.9. The molecule has 0 aliphatic rings. The molecule has 1 atom stereocenters. The zero-order chi connectivity index (χ0) is 36.4. The van der Waals surface area contributed by atoms with Gasteiger partial charge in [-0.2, -0.15) is 5.21 Å². The lowest BCUT2D eigenvalue weighted by Gasteiger charge is -2.20. The highest BCUT2D eigenvalue weighted by atomic mass is 32.2. The van der Waals surface area contributed by atoms with Gasteiger partial charge in [0.1, 0.15) is 6.61 Å². The van der Waals surface area contributed by atoms with Crippen molar-refractivity contribution in [2.24, 2.45) is 4.99 Å². The minimum atomic E-state index is -4.08. The Kier molecular flexibility index (Phi) is 16.7. The van der Waals surface area contributed by atoms with Crippen LogP contribution in [-0.4, -0.2) is 54.7 Å². The number of H-pyrrole nitrogens is 1. The standard InChI is InChI=1S/C37H50N6O5S/c1-11-15-16-19-31(25-28(7)36-39-42-43-40-36)29(8)38-37(47-24-12-2)35(48-33-21-18-17-20-32(33)46-10)30(9)41-49(44,45)34(27(6)14-4)23-22-26(5)13-3/h12-13,15-23,25,29,41H,2,11,14,24H2,1,3-10H3,(H,39,40,42,43)/b16-15+,23-22-,26-13-,28-25+,31-19+,34-27-,35-30-,38-37?. The maximum absolute atomic E-state index is 14.0. The number of nitrogens with zero attached hydrogens (tertiary/aromatic N) is 4. The van der Waals surface area contributed by atoms with Crippen molar-refractivity contribution >= 4 is 21.5 Å². The Morgan fingerprint density at radius 1 is 1.12 bits per heavy atom. The number of rotatable bonds is 18. The summed E-state index contributed by atoms with van der Waals surface area (Å²) in [6.45, 7) is 18.8. The number of hydrogen-bond donors (Lipinski definition) is 2. The lowest BCUT2D eigenvalue weighted by atomic mass is 10.0. The molecule has 0 amide bonds. The van der Waals surface area contributed by atoms with Crippen LogP contribution in [0.2, 0.25) is 0 Å². The molecule has 2 rings (SSSR count). The van der Waals surface area contributed by atoms with Crippen LogP contribution in [0.15, 0.2) is 118 Å². The van der Waals surface area contributed by atoms with E-state index in [1.165, 1.54) is 7.11 Å². The van der Waals surface area contributed by atoms with Gasteiger partial charge in [0.25, 0.3) is 15.9 Å². The predicted octanol–water partition coefficient (Wildman–Crippen LogP) is 7.93. The summed E-state index contributed by atoms with van der Waals surface area (Å²) in [6.07, 6.45) is 16.0. The van der Waals surface area contributed by atoms with E-state index >= 15 is 0 Å². The van der Waals surface area contributed by atoms with Crippen LogP contribution in [0, 0.1) is 0 Å². The molecule has 0 saturated heterocycles. The largest absolute Gasteiger partial charge is 0.493 e. The summed E-state index contributed by atoms with van der Waals surface area (Å²) in [7, 11) is -2.56. The van der Waals surface area contributed by atoms with Crippen molar-refractivity contribution in [2.75, 3.05) is 13.7 Å². The maximum Gasteiger partial charge on any atom is 0.261 e. The second-order valence-corrected chi connectivity index (χ2v) is 12.6. The summed E-state index contributed by atoms with van der Waals surface area (Å²) < 4.78 is 48.8. The number of nitrogens with one attached hydrogen (secondary N) is 2. The third-order valence-electron chi connectivity index (χ3n) is 7.17. The molecule has 1 unspecified atom stereocenters. The maximum atomic E-state index is 14.0. The molecular weight excluding hydrogens is 641 g/mol. The topological polar surface area (TPSA) is 141 Å². The van der Waals surface area contributed by atoms with Crippen LogP contribution in [0.4, 0.5) is 0 Å². The number of aromatic nitrogens is 4. The lowest BCUT2D eigenvalue weighted by Crippen LogP contribution is -2.28. The van der Waals surface area contributed by atoms with E-state index in [1.807, 2.05) is 71.9 Å². The Hall–Kier alpha value is -4.97. The molecule has 264 valence electrons. The molecule has 11 nitrogen and oxygen atoms in total. The van der Waals surface area contributed by atoms with Gasteiger partial charge in [-0.15, -0.1) is 10.2 Å². The predicted molar refractivity (Wildman–Crippen MR) is 198 cm³/mol. The minimum Gasteiger partial charge on any atom is -0.493 e. The van der Waals surface area contributed by atoms with E-state index in [1.54, 1.807) is 56.3 Å². The fourth-order valence-electron chi connectivity index (χ4n) is 4.15. The molecular formula is C37H50N6O5S. The number of allylic oxidation sites excluding steroid dienone is 10. The van der Waals surface area contributed by atoms with E-state index in [-0.39, 0.29) is 28.9 Å². The van der Waals surface area contributed by atoms with Gasteiger partial charge in [-0.3, -0.25) is 4.72 Å². The van der Waals surface area contributed by atoms with Crippen LogP contribution in [0.5, 0.6) is 11.5 Å². The van der Waals surface area contributed by atoms with Gasteiger partial charge in [-0.1, -0.05) is 86.2 Å². The third-order valence-corrected chi connectivity index (χ3v) is 8.81. The molecule has 0 spiro atoms. The molecule has 49 heavy (non-hydrogen) atoms. The van der Waals surface area contributed by atoms with Crippen LogP contribution >= 0.6 is 0 Å². The summed E-state index contributed by atoms with van der Waals surface area (Å²) in [5, 5.41) is 14.3. The molecule has 12 heteroatoms. The van der Waals surface area contributed by atoms with Crippen molar-refractivity contribution in [1.82, 2.24) is 25.3 Å². The number of sulfonamides is 1. The molecule has 1 heterocycles. The Balaban J connectivity index is 2.85. The fraction of sp³-hybridized carbons (Fsp3) is 0.351. The van der Waals surface area contributed by atoms with E-state index < -0.39 is 16.1 Å². The van der Waals surface area contributed by atoms with Crippen LogP contribution in [0.1, 0.15) is 74.1 Å². The number of tetrazole rings is 1. The molecule has 1 aromatic heterocycles. The average Bonchev–Trinajstić information content (AvgIpc) is 3.63. The molecule has 0 radical (unpaired) electrons. The Labute approximate surface area is 291 Å².